The smallest absolute Gasteiger partial charge is 0.225 e. The van der Waals surface area contributed by atoms with E-state index >= 15 is 0 Å². The number of nitrogens with zero attached hydrogens (tertiary/aromatic N) is 5. The van der Waals surface area contributed by atoms with E-state index in [0.717, 1.165) is 80.7 Å². The van der Waals surface area contributed by atoms with Crippen molar-refractivity contribution in [2.24, 2.45) is 5.92 Å². The number of morpholine rings is 1. The average molecular weight is 476 g/mol. The molecule has 5 rings (SSSR count). The van der Waals surface area contributed by atoms with Crippen molar-refractivity contribution in [2.75, 3.05) is 62.1 Å². The summed E-state index contributed by atoms with van der Waals surface area (Å²) in [5.74, 6) is 3.46. The van der Waals surface area contributed by atoms with Crippen LogP contribution >= 0.6 is 0 Å². The molecule has 0 radical (unpaired) electrons. The topological polar surface area (TPSA) is 78.4 Å². The SMILES string of the molecule is CN(C)c1nc(NC2CCC(CNCc3ccc(N4CCOCC4)nc3)CC2)nc2ccccc12. The van der Waals surface area contributed by atoms with Gasteiger partial charge in [-0.3, -0.25) is 0 Å². The van der Waals surface area contributed by atoms with Gasteiger partial charge in [0.25, 0.3) is 0 Å². The van der Waals surface area contributed by atoms with Crippen molar-refractivity contribution in [1.82, 2.24) is 20.3 Å². The lowest BCUT2D eigenvalue weighted by Crippen LogP contribution is -2.36. The molecular formula is C27H37N7O. The molecule has 0 spiro atoms. The number of ether oxygens (including phenoxy) is 1. The molecule has 1 aromatic carbocycles. The fourth-order valence-corrected chi connectivity index (χ4v) is 5.08. The predicted molar refractivity (Wildman–Crippen MR) is 142 cm³/mol. The highest BCUT2D eigenvalue weighted by molar-refractivity contribution is 5.90. The van der Waals surface area contributed by atoms with Gasteiger partial charge in [0.2, 0.25) is 5.95 Å². The van der Waals surface area contributed by atoms with E-state index in [-0.39, 0.29) is 0 Å². The Morgan fingerprint density at radius 2 is 1.80 bits per heavy atom. The molecule has 8 heteroatoms. The van der Waals surface area contributed by atoms with E-state index in [1.54, 1.807) is 0 Å². The van der Waals surface area contributed by atoms with Crippen molar-refractivity contribution in [1.29, 1.82) is 0 Å². The molecule has 2 aliphatic rings. The number of rotatable bonds is 8. The third-order valence-electron chi connectivity index (χ3n) is 7.09. The van der Waals surface area contributed by atoms with Gasteiger partial charge in [0.05, 0.1) is 18.7 Å². The lowest BCUT2D eigenvalue weighted by molar-refractivity contribution is 0.122. The van der Waals surface area contributed by atoms with Crippen LogP contribution < -0.4 is 20.4 Å². The molecule has 8 nitrogen and oxygen atoms in total. The highest BCUT2D eigenvalue weighted by Gasteiger charge is 2.22. The first-order valence-electron chi connectivity index (χ1n) is 12.8. The third-order valence-corrected chi connectivity index (χ3v) is 7.09. The second kappa shape index (κ2) is 11.2. The van der Waals surface area contributed by atoms with Crippen LogP contribution in [0.5, 0.6) is 0 Å². The molecule has 0 unspecified atom stereocenters. The highest BCUT2D eigenvalue weighted by Crippen LogP contribution is 2.28. The van der Waals surface area contributed by atoms with Gasteiger partial charge < -0.3 is 25.2 Å². The van der Waals surface area contributed by atoms with E-state index in [9.17, 15) is 0 Å². The molecule has 186 valence electrons. The Bertz CT molecular complexity index is 1090. The van der Waals surface area contributed by atoms with Crippen LogP contribution in [0.1, 0.15) is 31.2 Å². The van der Waals surface area contributed by atoms with Crippen LogP contribution in [0.2, 0.25) is 0 Å². The summed E-state index contributed by atoms with van der Waals surface area (Å²) in [6.07, 6.45) is 6.73. The molecule has 0 atom stereocenters. The number of benzene rings is 1. The van der Waals surface area contributed by atoms with Crippen LogP contribution in [0, 0.1) is 5.92 Å². The van der Waals surface area contributed by atoms with E-state index in [0.29, 0.717) is 12.0 Å². The van der Waals surface area contributed by atoms with Crippen LogP contribution in [-0.4, -0.2) is 67.9 Å². The molecule has 1 aliphatic heterocycles. The maximum atomic E-state index is 5.43. The monoisotopic (exact) mass is 475 g/mol. The van der Waals surface area contributed by atoms with Gasteiger partial charge in [-0.1, -0.05) is 18.2 Å². The number of aromatic nitrogens is 3. The minimum atomic E-state index is 0.430. The summed E-state index contributed by atoms with van der Waals surface area (Å²) in [4.78, 5) is 18.6. The Morgan fingerprint density at radius 3 is 2.54 bits per heavy atom. The summed E-state index contributed by atoms with van der Waals surface area (Å²) in [7, 11) is 4.07. The van der Waals surface area contributed by atoms with Gasteiger partial charge in [0.15, 0.2) is 0 Å². The molecule has 2 aromatic heterocycles. The maximum absolute atomic E-state index is 5.43. The second-order valence-electron chi connectivity index (χ2n) is 9.90. The van der Waals surface area contributed by atoms with Gasteiger partial charge in [-0.15, -0.1) is 0 Å². The lowest BCUT2D eigenvalue weighted by atomic mass is 9.86. The number of para-hydroxylation sites is 1. The molecule has 35 heavy (non-hydrogen) atoms. The van der Waals surface area contributed by atoms with E-state index in [2.05, 4.69) is 49.7 Å². The Balaban J connectivity index is 1.07. The summed E-state index contributed by atoms with van der Waals surface area (Å²) >= 11 is 0. The zero-order valence-corrected chi connectivity index (χ0v) is 20.9. The first kappa shape index (κ1) is 23.8. The Morgan fingerprint density at radius 1 is 1.00 bits per heavy atom. The second-order valence-corrected chi connectivity index (χ2v) is 9.90. The summed E-state index contributed by atoms with van der Waals surface area (Å²) in [6, 6.07) is 13.0. The Hall–Kier alpha value is -2.97. The van der Waals surface area contributed by atoms with Crippen LogP contribution in [-0.2, 0) is 11.3 Å². The van der Waals surface area contributed by atoms with Gasteiger partial charge in [0, 0.05) is 51.4 Å². The van der Waals surface area contributed by atoms with Gasteiger partial charge in [-0.2, -0.15) is 4.98 Å². The largest absolute Gasteiger partial charge is 0.378 e. The zero-order valence-electron chi connectivity index (χ0n) is 20.9. The Kier molecular flexibility index (Phi) is 7.59. The van der Waals surface area contributed by atoms with E-state index in [1.165, 1.54) is 18.4 Å². The molecule has 1 aliphatic carbocycles. The van der Waals surface area contributed by atoms with Crippen molar-refractivity contribution in [3.05, 3.63) is 48.2 Å². The normalized spacial score (nSPS) is 20.7. The van der Waals surface area contributed by atoms with Crippen LogP contribution in [0.4, 0.5) is 17.6 Å². The molecule has 2 N–H and O–H groups in total. The molecule has 3 aromatic rings. The summed E-state index contributed by atoms with van der Waals surface area (Å²) in [5, 5.41) is 8.35. The van der Waals surface area contributed by atoms with Gasteiger partial charge in [-0.05, 0) is 61.9 Å². The molecule has 2 fully saturated rings. The van der Waals surface area contributed by atoms with Crippen molar-refractivity contribution in [3.8, 4) is 0 Å². The van der Waals surface area contributed by atoms with E-state index < -0.39 is 0 Å². The van der Waals surface area contributed by atoms with Crippen LogP contribution in [0.25, 0.3) is 10.9 Å². The minimum Gasteiger partial charge on any atom is -0.378 e. The molecule has 0 amide bonds. The molecule has 3 heterocycles. The molecule has 1 saturated carbocycles. The standard InChI is InChI=1S/C27H37N7O/c1-33(2)26-23-5-3-4-6-24(23)31-27(32-26)30-22-10-7-20(8-11-22)17-28-18-21-9-12-25(29-19-21)34-13-15-35-16-14-34/h3-6,9,12,19-20,22,28H,7-8,10-11,13-18H2,1-2H3,(H,30,31,32). The highest BCUT2D eigenvalue weighted by atomic mass is 16.5. The van der Waals surface area contributed by atoms with Crippen molar-refractivity contribution in [3.63, 3.8) is 0 Å². The lowest BCUT2D eigenvalue weighted by Gasteiger charge is -2.29. The summed E-state index contributed by atoms with van der Waals surface area (Å²) in [6.45, 7) is 5.34. The first-order valence-corrected chi connectivity index (χ1v) is 12.8. The maximum Gasteiger partial charge on any atom is 0.225 e. The van der Waals surface area contributed by atoms with Crippen LogP contribution in [0.15, 0.2) is 42.6 Å². The quantitative estimate of drug-likeness (QED) is 0.511. The average Bonchev–Trinajstić information content (AvgIpc) is 2.90. The predicted octanol–water partition coefficient (Wildman–Crippen LogP) is 3.69. The van der Waals surface area contributed by atoms with Crippen molar-refractivity contribution >= 4 is 28.5 Å². The zero-order chi connectivity index (χ0) is 24.0. The molecule has 1 saturated heterocycles. The number of hydrogen-bond donors (Lipinski definition) is 2. The summed E-state index contributed by atoms with van der Waals surface area (Å²) < 4.78 is 5.43. The number of anilines is 3. The number of fused-ring (bicyclic) bond motifs is 1. The van der Waals surface area contributed by atoms with E-state index in [1.807, 2.05) is 32.4 Å². The third kappa shape index (κ3) is 6.00. The fraction of sp³-hybridized carbons (Fsp3) is 0.519. The number of pyridine rings is 1. The van der Waals surface area contributed by atoms with Crippen LogP contribution in [0.3, 0.4) is 0 Å². The van der Waals surface area contributed by atoms with Gasteiger partial charge in [-0.25, -0.2) is 9.97 Å². The number of nitrogens with one attached hydrogen (secondary N) is 2. The first-order chi connectivity index (χ1) is 17.2. The fourth-order valence-electron chi connectivity index (χ4n) is 5.08. The Labute approximate surface area is 208 Å². The summed E-state index contributed by atoms with van der Waals surface area (Å²) in [5.41, 5.74) is 2.22. The van der Waals surface area contributed by atoms with E-state index in [4.69, 9.17) is 14.7 Å². The molecule has 0 bridgehead atoms. The molecular weight excluding hydrogens is 438 g/mol. The van der Waals surface area contributed by atoms with Crippen molar-refractivity contribution < 1.29 is 4.74 Å². The minimum absolute atomic E-state index is 0.430. The number of hydrogen-bond acceptors (Lipinski definition) is 8. The van der Waals surface area contributed by atoms with Crippen molar-refractivity contribution in [2.45, 2.75) is 38.3 Å². The van der Waals surface area contributed by atoms with Gasteiger partial charge >= 0.3 is 0 Å². The van der Waals surface area contributed by atoms with Gasteiger partial charge in [0.1, 0.15) is 11.6 Å².